The Balaban J connectivity index is 2.10. The van der Waals surface area contributed by atoms with Gasteiger partial charge in [0, 0.05) is 19.4 Å². The van der Waals surface area contributed by atoms with Crippen LogP contribution in [-0.2, 0) is 4.74 Å². The summed E-state index contributed by atoms with van der Waals surface area (Å²) in [6.45, 7) is 1.55. The lowest BCUT2D eigenvalue weighted by Crippen LogP contribution is -2.20. The van der Waals surface area contributed by atoms with Gasteiger partial charge in [0.1, 0.15) is 0 Å². The summed E-state index contributed by atoms with van der Waals surface area (Å²) in [4.78, 5) is 14.2. The van der Waals surface area contributed by atoms with Gasteiger partial charge in [-0.15, -0.1) is 0 Å². The van der Waals surface area contributed by atoms with Gasteiger partial charge in [-0.2, -0.15) is 5.10 Å². The Morgan fingerprint density at radius 3 is 3.06 bits per heavy atom. The number of nitrogens with one attached hydrogen (secondary N) is 1. The van der Waals surface area contributed by atoms with Gasteiger partial charge < -0.3 is 9.72 Å². The zero-order valence-electron chi connectivity index (χ0n) is 8.85. The van der Waals surface area contributed by atoms with Crippen molar-refractivity contribution in [2.24, 2.45) is 0 Å². The third kappa shape index (κ3) is 1.44. The first-order chi connectivity index (χ1) is 7.86. The van der Waals surface area contributed by atoms with E-state index in [4.69, 9.17) is 4.74 Å². The molecule has 1 N–H and O–H groups in total. The van der Waals surface area contributed by atoms with Crippen LogP contribution in [0.5, 0.6) is 0 Å². The molecule has 3 rings (SSSR count). The lowest BCUT2D eigenvalue weighted by molar-refractivity contribution is 0.0675. The molecule has 3 heterocycles. The molecule has 2 aromatic rings. The van der Waals surface area contributed by atoms with Crippen molar-refractivity contribution in [3.8, 4) is 0 Å². The summed E-state index contributed by atoms with van der Waals surface area (Å²) >= 11 is 0. The minimum Gasteiger partial charge on any atom is -0.381 e. The largest absolute Gasteiger partial charge is 0.381 e. The van der Waals surface area contributed by atoms with E-state index in [0.717, 1.165) is 31.6 Å². The maximum atomic E-state index is 11.5. The number of aromatic nitrogens is 3. The highest BCUT2D eigenvalue weighted by Crippen LogP contribution is 2.23. The van der Waals surface area contributed by atoms with Crippen LogP contribution in [0.15, 0.2) is 23.3 Å². The molecule has 16 heavy (non-hydrogen) atoms. The van der Waals surface area contributed by atoms with Crippen molar-refractivity contribution in [2.45, 2.75) is 18.9 Å². The van der Waals surface area contributed by atoms with Crippen LogP contribution >= 0.6 is 0 Å². The van der Waals surface area contributed by atoms with Crippen LogP contribution in [0.2, 0.25) is 0 Å². The van der Waals surface area contributed by atoms with Crippen LogP contribution in [0.4, 0.5) is 0 Å². The predicted molar refractivity (Wildman–Crippen MR) is 59.4 cm³/mol. The average Bonchev–Trinajstić information content (AvgIpc) is 2.75. The highest BCUT2D eigenvalue weighted by atomic mass is 16.5. The molecule has 0 amide bonds. The van der Waals surface area contributed by atoms with Gasteiger partial charge in [0.15, 0.2) is 0 Å². The molecule has 0 atom stereocenters. The number of rotatable bonds is 1. The summed E-state index contributed by atoms with van der Waals surface area (Å²) in [5, 5.41) is 4.98. The standard InChI is InChI=1S/C11H13N3O2/c15-11-9-7-13-14(10(9)1-4-12-11)8-2-5-16-6-3-8/h1,4,7-8H,2-3,5-6H2,(H,12,15). The Hall–Kier alpha value is -1.62. The van der Waals surface area contributed by atoms with E-state index in [-0.39, 0.29) is 5.56 Å². The van der Waals surface area contributed by atoms with Gasteiger partial charge in [-0.05, 0) is 18.9 Å². The molecule has 1 aliphatic heterocycles. The molecular formula is C11H13N3O2. The van der Waals surface area contributed by atoms with Crippen molar-refractivity contribution in [3.05, 3.63) is 28.8 Å². The van der Waals surface area contributed by atoms with Crippen molar-refractivity contribution in [3.63, 3.8) is 0 Å². The minimum absolute atomic E-state index is 0.0733. The van der Waals surface area contributed by atoms with Crippen LogP contribution in [0.1, 0.15) is 18.9 Å². The molecule has 1 fully saturated rings. The first-order valence-electron chi connectivity index (χ1n) is 5.49. The number of hydrogen-bond acceptors (Lipinski definition) is 3. The lowest BCUT2D eigenvalue weighted by atomic mass is 10.1. The van der Waals surface area contributed by atoms with Gasteiger partial charge in [-0.1, -0.05) is 0 Å². The molecule has 0 unspecified atom stereocenters. The van der Waals surface area contributed by atoms with Crippen LogP contribution in [0.3, 0.4) is 0 Å². The molecule has 0 aromatic carbocycles. The second-order valence-corrected chi connectivity index (χ2v) is 4.04. The third-order valence-corrected chi connectivity index (χ3v) is 3.07. The first-order valence-corrected chi connectivity index (χ1v) is 5.49. The van der Waals surface area contributed by atoms with Crippen molar-refractivity contribution < 1.29 is 4.74 Å². The Kier molecular flexibility index (Phi) is 2.25. The Bertz CT molecular complexity index is 552. The highest BCUT2D eigenvalue weighted by molar-refractivity contribution is 5.77. The Morgan fingerprint density at radius 2 is 2.25 bits per heavy atom. The molecule has 0 saturated carbocycles. The van der Waals surface area contributed by atoms with E-state index in [1.165, 1.54) is 0 Å². The van der Waals surface area contributed by atoms with Crippen LogP contribution in [-0.4, -0.2) is 28.0 Å². The number of hydrogen-bond donors (Lipinski definition) is 1. The molecule has 84 valence electrons. The molecule has 5 nitrogen and oxygen atoms in total. The lowest BCUT2D eigenvalue weighted by Gasteiger charge is -2.22. The zero-order valence-corrected chi connectivity index (χ0v) is 8.85. The molecule has 5 heteroatoms. The zero-order chi connectivity index (χ0) is 11.0. The second kappa shape index (κ2) is 3.75. The summed E-state index contributed by atoms with van der Waals surface area (Å²) < 4.78 is 7.28. The SMILES string of the molecule is O=c1[nH]ccc2c1cnn2C1CCOCC1. The molecule has 0 radical (unpaired) electrons. The van der Waals surface area contributed by atoms with E-state index >= 15 is 0 Å². The predicted octanol–water partition coefficient (Wildman–Crippen LogP) is 1.08. The normalized spacial score (nSPS) is 18.0. The fraction of sp³-hybridized carbons (Fsp3) is 0.455. The Morgan fingerprint density at radius 1 is 1.44 bits per heavy atom. The van der Waals surface area contributed by atoms with Gasteiger partial charge in [-0.25, -0.2) is 0 Å². The maximum Gasteiger partial charge on any atom is 0.259 e. The fourth-order valence-corrected chi connectivity index (χ4v) is 2.21. The van der Waals surface area contributed by atoms with Gasteiger partial charge >= 0.3 is 0 Å². The summed E-state index contributed by atoms with van der Waals surface area (Å²) in [5.41, 5.74) is 0.839. The van der Waals surface area contributed by atoms with E-state index in [1.54, 1.807) is 12.4 Å². The van der Waals surface area contributed by atoms with E-state index in [0.29, 0.717) is 11.4 Å². The van der Waals surface area contributed by atoms with Gasteiger partial charge in [-0.3, -0.25) is 9.48 Å². The number of nitrogens with zero attached hydrogens (tertiary/aromatic N) is 2. The minimum atomic E-state index is -0.0733. The van der Waals surface area contributed by atoms with Crippen LogP contribution in [0, 0.1) is 0 Å². The summed E-state index contributed by atoms with van der Waals surface area (Å²) in [6, 6.07) is 2.26. The van der Waals surface area contributed by atoms with Gasteiger partial charge in [0.25, 0.3) is 5.56 Å². The Labute approximate surface area is 92.0 Å². The van der Waals surface area contributed by atoms with E-state index in [9.17, 15) is 4.79 Å². The molecule has 1 aliphatic rings. The van der Waals surface area contributed by atoms with Crippen LogP contribution < -0.4 is 5.56 Å². The molecule has 1 saturated heterocycles. The third-order valence-electron chi connectivity index (χ3n) is 3.07. The van der Waals surface area contributed by atoms with Gasteiger partial charge in [0.05, 0.1) is 23.1 Å². The van der Waals surface area contributed by atoms with Crippen molar-refractivity contribution in [1.82, 2.24) is 14.8 Å². The fourth-order valence-electron chi connectivity index (χ4n) is 2.21. The number of pyridine rings is 1. The van der Waals surface area contributed by atoms with Gasteiger partial charge in [0.2, 0.25) is 0 Å². The van der Waals surface area contributed by atoms with E-state index in [1.807, 2.05) is 10.7 Å². The highest BCUT2D eigenvalue weighted by Gasteiger charge is 2.18. The quantitative estimate of drug-likeness (QED) is 0.780. The molecule has 0 spiro atoms. The van der Waals surface area contributed by atoms with Crippen molar-refractivity contribution in [1.29, 1.82) is 0 Å². The number of H-pyrrole nitrogens is 1. The monoisotopic (exact) mass is 219 g/mol. The molecular weight excluding hydrogens is 206 g/mol. The maximum absolute atomic E-state index is 11.5. The summed E-state index contributed by atoms with van der Waals surface area (Å²) in [7, 11) is 0. The van der Waals surface area contributed by atoms with E-state index < -0.39 is 0 Å². The number of ether oxygens (including phenoxy) is 1. The average molecular weight is 219 g/mol. The summed E-state index contributed by atoms with van der Waals surface area (Å²) in [5.74, 6) is 0. The smallest absolute Gasteiger partial charge is 0.259 e. The first kappa shape index (κ1) is 9.59. The van der Waals surface area contributed by atoms with Crippen molar-refractivity contribution >= 4 is 10.9 Å². The number of fused-ring (bicyclic) bond motifs is 1. The summed E-state index contributed by atoms with van der Waals surface area (Å²) in [6.07, 6.45) is 5.24. The number of aromatic amines is 1. The topological polar surface area (TPSA) is 59.9 Å². The van der Waals surface area contributed by atoms with E-state index in [2.05, 4.69) is 10.1 Å². The molecule has 0 bridgehead atoms. The molecule has 0 aliphatic carbocycles. The van der Waals surface area contributed by atoms with Crippen LogP contribution in [0.25, 0.3) is 10.9 Å². The van der Waals surface area contributed by atoms with Crippen molar-refractivity contribution in [2.75, 3.05) is 13.2 Å². The molecule has 2 aromatic heterocycles. The second-order valence-electron chi connectivity index (χ2n) is 4.04.